The molecule has 0 heterocycles. The molecule has 0 fully saturated rings. The van der Waals surface area contributed by atoms with Gasteiger partial charge in [-0.1, -0.05) is 23.9 Å². The maximum atomic E-state index is 12.9. The Balaban J connectivity index is 2.69. The third kappa shape index (κ3) is 4.67. The van der Waals surface area contributed by atoms with Crippen LogP contribution in [0.3, 0.4) is 0 Å². The molecule has 96 valence electrons. The molecular formula is C12H12FNO3S. The van der Waals surface area contributed by atoms with Crippen LogP contribution < -0.4 is 0 Å². The second-order valence-corrected chi connectivity index (χ2v) is 4.76. The third-order valence-electron chi connectivity index (χ3n) is 2.08. The van der Waals surface area contributed by atoms with Gasteiger partial charge in [-0.15, -0.1) is 0 Å². The monoisotopic (exact) mass is 269 g/mol. The van der Waals surface area contributed by atoms with Gasteiger partial charge in [0, 0.05) is 12.7 Å². The summed E-state index contributed by atoms with van der Waals surface area (Å²) < 4.78 is 12.9. The summed E-state index contributed by atoms with van der Waals surface area (Å²) >= 11 is 1.20. The van der Waals surface area contributed by atoms with E-state index in [0.717, 1.165) is 6.07 Å². The van der Waals surface area contributed by atoms with E-state index in [1.165, 1.54) is 30.8 Å². The number of allylic oxidation sites excluding steroid dienone is 1. The Hall–Kier alpha value is -1.69. The van der Waals surface area contributed by atoms with E-state index in [9.17, 15) is 19.3 Å². The van der Waals surface area contributed by atoms with E-state index in [-0.39, 0.29) is 10.8 Å². The quantitative estimate of drug-likeness (QED) is 0.467. The number of rotatable bonds is 5. The number of benzene rings is 1. The molecule has 4 nitrogen and oxygen atoms in total. The van der Waals surface area contributed by atoms with Gasteiger partial charge in [0.05, 0.1) is 16.6 Å². The molecule has 0 aromatic heterocycles. The molecule has 0 unspecified atom stereocenters. The summed E-state index contributed by atoms with van der Waals surface area (Å²) in [6.45, 7) is 1.49. The van der Waals surface area contributed by atoms with E-state index in [0.29, 0.717) is 17.7 Å². The van der Waals surface area contributed by atoms with Gasteiger partial charge >= 0.3 is 0 Å². The van der Waals surface area contributed by atoms with E-state index < -0.39 is 10.7 Å². The first-order chi connectivity index (χ1) is 8.50. The SMILES string of the molecule is CC(=O)SCCC=Cc1ccc(F)cc1[N+](=O)[O-]. The second kappa shape index (κ2) is 6.90. The molecule has 0 spiro atoms. The Bertz CT molecular complexity index is 488. The number of hydrogen-bond donors (Lipinski definition) is 0. The van der Waals surface area contributed by atoms with Crippen molar-refractivity contribution in [3.8, 4) is 0 Å². The van der Waals surface area contributed by atoms with Crippen LogP contribution in [0, 0.1) is 15.9 Å². The van der Waals surface area contributed by atoms with Gasteiger partial charge in [0.25, 0.3) is 5.69 Å². The number of nitro groups is 1. The minimum Gasteiger partial charge on any atom is -0.288 e. The molecule has 0 aliphatic heterocycles. The van der Waals surface area contributed by atoms with Crippen molar-refractivity contribution < 1.29 is 14.1 Å². The highest BCUT2D eigenvalue weighted by atomic mass is 32.2. The van der Waals surface area contributed by atoms with Crippen LogP contribution in [0.15, 0.2) is 24.3 Å². The van der Waals surface area contributed by atoms with E-state index in [1.807, 2.05) is 0 Å². The Morgan fingerprint density at radius 2 is 2.28 bits per heavy atom. The summed E-state index contributed by atoms with van der Waals surface area (Å²) in [5, 5.41) is 10.7. The van der Waals surface area contributed by atoms with Crippen molar-refractivity contribution in [3.63, 3.8) is 0 Å². The molecule has 1 aromatic carbocycles. The molecule has 0 amide bonds. The van der Waals surface area contributed by atoms with Gasteiger partial charge in [0.15, 0.2) is 5.12 Å². The van der Waals surface area contributed by atoms with Crippen LogP contribution >= 0.6 is 11.8 Å². The lowest BCUT2D eigenvalue weighted by atomic mass is 10.1. The highest BCUT2D eigenvalue weighted by Crippen LogP contribution is 2.21. The van der Waals surface area contributed by atoms with Gasteiger partial charge in [-0.3, -0.25) is 14.9 Å². The summed E-state index contributed by atoms with van der Waals surface area (Å²) in [5.41, 5.74) is 0.0969. The van der Waals surface area contributed by atoms with Crippen LogP contribution in [0.4, 0.5) is 10.1 Å². The molecule has 0 aliphatic rings. The van der Waals surface area contributed by atoms with Gasteiger partial charge in [0.2, 0.25) is 0 Å². The predicted octanol–water partition coefficient (Wildman–Crippen LogP) is 3.42. The van der Waals surface area contributed by atoms with Crippen molar-refractivity contribution >= 4 is 28.6 Å². The number of halogens is 1. The van der Waals surface area contributed by atoms with Gasteiger partial charge in [-0.25, -0.2) is 4.39 Å². The lowest BCUT2D eigenvalue weighted by molar-refractivity contribution is -0.385. The van der Waals surface area contributed by atoms with Crippen LogP contribution in [-0.4, -0.2) is 15.8 Å². The second-order valence-electron chi connectivity index (χ2n) is 3.49. The molecule has 0 bridgehead atoms. The maximum Gasteiger partial charge on any atom is 0.279 e. The Labute approximate surface area is 108 Å². The topological polar surface area (TPSA) is 60.2 Å². The zero-order chi connectivity index (χ0) is 13.5. The van der Waals surface area contributed by atoms with Crippen LogP contribution in [-0.2, 0) is 4.79 Å². The summed E-state index contributed by atoms with van der Waals surface area (Å²) in [4.78, 5) is 20.8. The normalized spacial score (nSPS) is 10.8. The number of nitrogens with zero attached hydrogens (tertiary/aromatic N) is 1. The molecule has 0 aliphatic carbocycles. The minimum atomic E-state index is -0.633. The number of thioether (sulfide) groups is 1. The van der Waals surface area contributed by atoms with Gasteiger partial charge in [0.1, 0.15) is 5.82 Å². The molecule has 0 saturated heterocycles. The first kappa shape index (κ1) is 14.4. The molecule has 1 aromatic rings. The molecule has 18 heavy (non-hydrogen) atoms. The molecule has 0 N–H and O–H groups in total. The van der Waals surface area contributed by atoms with Crippen molar-refractivity contribution in [1.82, 2.24) is 0 Å². The van der Waals surface area contributed by atoms with E-state index >= 15 is 0 Å². The predicted molar refractivity (Wildman–Crippen MR) is 69.8 cm³/mol. The maximum absolute atomic E-state index is 12.9. The Kier molecular flexibility index (Phi) is 5.51. The summed E-state index contributed by atoms with van der Waals surface area (Å²) in [7, 11) is 0. The third-order valence-corrected chi connectivity index (χ3v) is 2.92. The summed E-state index contributed by atoms with van der Waals surface area (Å²) in [6.07, 6.45) is 3.92. The van der Waals surface area contributed by atoms with E-state index in [4.69, 9.17) is 0 Å². The Morgan fingerprint density at radius 3 is 2.89 bits per heavy atom. The van der Waals surface area contributed by atoms with Crippen molar-refractivity contribution in [2.75, 3.05) is 5.75 Å². The molecule has 6 heteroatoms. The molecule has 0 saturated carbocycles. The van der Waals surface area contributed by atoms with Crippen molar-refractivity contribution in [2.24, 2.45) is 0 Å². The molecule has 1 rings (SSSR count). The molecule has 0 radical (unpaired) electrons. The van der Waals surface area contributed by atoms with Crippen LogP contribution in [0.2, 0.25) is 0 Å². The van der Waals surface area contributed by atoms with E-state index in [1.54, 1.807) is 12.2 Å². The van der Waals surface area contributed by atoms with Crippen molar-refractivity contribution in [1.29, 1.82) is 0 Å². The highest BCUT2D eigenvalue weighted by molar-refractivity contribution is 8.13. The van der Waals surface area contributed by atoms with Crippen molar-refractivity contribution in [2.45, 2.75) is 13.3 Å². The lowest BCUT2D eigenvalue weighted by Gasteiger charge is -1.97. The fraction of sp³-hybridized carbons (Fsp3) is 0.250. The molecule has 0 atom stereocenters. The van der Waals surface area contributed by atoms with Gasteiger partial charge in [-0.05, 0) is 18.6 Å². The highest BCUT2D eigenvalue weighted by Gasteiger charge is 2.12. The largest absolute Gasteiger partial charge is 0.288 e. The van der Waals surface area contributed by atoms with Gasteiger partial charge in [-0.2, -0.15) is 0 Å². The lowest BCUT2D eigenvalue weighted by Crippen LogP contribution is -1.92. The minimum absolute atomic E-state index is 0.0381. The first-order valence-corrected chi connectivity index (χ1v) is 6.23. The fourth-order valence-corrected chi connectivity index (χ4v) is 1.84. The fourth-order valence-electron chi connectivity index (χ4n) is 1.30. The Morgan fingerprint density at radius 1 is 1.56 bits per heavy atom. The standard InChI is InChI=1S/C12H12FNO3S/c1-9(15)18-7-3-2-4-10-5-6-11(13)8-12(10)14(16)17/h2,4-6,8H,3,7H2,1H3. The smallest absolute Gasteiger partial charge is 0.279 e. The number of carbonyl (C=O) groups is 1. The summed E-state index contributed by atoms with van der Waals surface area (Å²) in [6, 6.07) is 3.43. The zero-order valence-electron chi connectivity index (χ0n) is 9.76. The van der Waals surface area contributed by atoms with Crippen LogP contribution in [0.1, 0.15) is 18.9 Å². The van der Waals surface area contributed by atoms with Crippen LogP contribution in [0.25, 0.3) is 6.08 Å². The average Bonchev–Trinajstić information content (AvgIpc) is 2.29. The summed E-state index contributed by atoms with van der Waals surface area (Å²) in [5.74, 6) is -0.00753. The van der Waals surface area contributed by atoms with Gasteiger partial charge < -0.3 is 0 Å². The zero-order valence-corrected chi connectivity index (χ0v) is 10.6. The van der Waals surface area contributed by atoms with E-state index in [2.05, 4.69) is 0 Å². The van der Waals surface area contributed by atoms with Crippen LogP contribution in [0.5, 0.6) is 0 Å². The van der Waals surface area contributed by atoms with Crippen molar-refractivity contribution in [3.05, 3.63) is 45.8 Å². The number of carbonyl (C=O) groups excluding carboxylic acids is 1. The average molecular weight is 269 g/mol. The number of hydrogen-bond acceptors (Lipinski definition) is 4. The first-order valence-electron chi connectivity index (χ1n) is 5.24. The number of nitro benzene ring substituents is 1. The molecular weight excluding hydrogens is 257 g/mol.